The Balaban J connectivity index is 2.11. The molecule has 3 nitrogen and oxygen atoms in total. The van der Waals surface area contributed by atoms with Gasteiger partial charge in [0.25, 0.3) is 0 Å². The van der Waals surface area contributed by atoms with E-state index in [1.165, 1.54) is 0 Å². The Morgan fingerprint density at radius 3 is 2.33 bits per heavy atom. The number of hydrogen-bond donors (Lipinski definition) is 0. The molecule has 9 heavy (non-hydrogen) atoms. The molecule has 3 heteroatoms. The van der Waals surface area contributed by atoms with Crippen LogP contribution in [0.2, 0.25) is 0 Å². The van der Waals surface area contributed by atoms with E-state index in [0.29, 0.717) is 13.1 Å². The van der Waals surface area contributed by atoms with Crippen LogP contribution in [0.1, 0.15) is 12.8 Å². The molecule has 0 N–H and O–H groups in total. The molecule has 0 aromatic carbocycles. The molecular weight excluding hydrogens is 118 g/mol. The lowest BCUT2D eigenvalue weighted by molar-refractivity contribution is -0.580. The molecule has 0 amide bonds. The molecule has 0 aromatic rings. The number of rotatable bonds is 0. The summed E-state index contributed by atoms with van der Waals surface area (Å²) in [4.78, 5) is 10.8. The predicted octanol–water partition coefficient (Wildman–Crippen LogP) is 0.326. The lowest BCUT2D eigenvalue weighted by atomic mass is 10.2. The van der Waals surface area contributed by atoms with Gasteiger partial charge in [-0.15, -0.1) is 0 Å². The number of nitroso groups, excluding NO2 is 1. The fourth-order valence-corrected chi connectivity index (χ4v) is 1.58. The Kier molecular flexibility index (Phi) is 1.05. The summed E-state index contributed by atoms with van der Waals surface area (Å²) in [6.07, 6.45) is 2.68. The van der Waals surface area contributed by atoms with Gasteiger partial charge in [0, 0.05) is 9.67 Å². The summed E-state index contributed by atoms with van der Waals surface area (Å²) in [6.45, 7) is 1.19. The predicted molar refractivity (Wildman–Crippen MR) is 31.3 cm³/mol. The molecule has 2 aliphatic rings. The second-order valence-electron chi connectivity index (χ2n) is 2.80. The zero-order valence-electron chi connectivity index (χ0n) is 5.25. The Bertz CT molecular complexity index is 132. The highest BCUT2D eigenvalue weighted by Crippen LogP contribution is 2.23. The van der Waals surface area contributed by atoms with Gasteiger partial charge in [0.15, 0.2) is 0 Å². The van der Waals surface area contributed by atoms with Crippen molar-refractivity contribution < 1.29 is 9.50 Å². The molecular formula is C6H10NO2+. The first-order valence-electron chi connectivity index (χ1n) is 3.42. The second kappa shape index (κ2) is 1.77. The van der Waals surface area contributed by atoms with Gasteiger partial charge in [-0.25, -0.2) is 0 Å². The van der Waals surface area contributed by atoms with Crippen molar-refractivity contribution in [1.82, 2.24) is 0 Å². The van der Waals surface area contributed by atoms with Crippen LogP contribution in [-0.4, -0.2) is 30.1 Å². The molecule has 2 unspecified atom stereocenters. The summed E-state index contributed by atoms with van der Waals surface area (Å²) in [5, 5.41) is 0. The van der Waals surface area contributed by atoms with Gasteiger partial charge in [-0.05, 0) is 12.8 Å². The number of fused-ring (bicyclic) bond motifs is 2. The smallest absolute Gasteiger partial charge is 0.218 e. The van der Waals surface area contributed by atoms with Gasteiger partial charge in [-0.1, -0.05) is 0 Å². The minimum Gasteiger partial charge on any atom is -0.361 e. The van der Waals surface area contributed by atoms with E-state index < -0.39 is 0 Å². The lowest BCUT2D eigenvalue weighted by Gasteiger charge is -2.12. The topological polar surface area (TPSA) is 29.3 Å². The van der Waals surface area contributed by atoms with E-state index in [0.717, 1.165) is 17.6 Å². The van der Waals surface area contributed by atoms with Crippen molar-refractivity contribution in [2.45, 2.75) is 25.0 Å². The maximum absolute atomic E-state index is 10.8. The number of morpholine rings is 1. The van der Waals surface area contributed by atoms with E-state index >= 15 is 0 Å². The standard InChI is InChI=1S/C6H10NO2/c8-7-3-5-1-2-6(4-7)9-5/h5-6H,1-4H2/q+1. The fraction of sp³-hybridized carbons (Fsp3) is 1.00. The molecule has 0 aliphatic carbocycles. The van der Waals surface area contributed by atoms with E-state index in [1.807, 2.05) is 0 Å². The first kappa shape index (κ1) is 5.35. The minimum absolute atomic E-state index is 0.251. The fourth-order valence-electron chi connectivity index (χ4n) is 1.58. The highest BCUT2D eigenvalue weighted by Gasteiger charge is 2.38. The van der Waals surface area contributed by atoms with Gasteiger partial charge in [-0.3, -0.25) is 0 Å². The average Bonchev–Trinajstić information content (AvgIpc) is 2.11. The zero-order chi connectivity index (χ0) is 6.27. The summed E-state index contributed by atoms with van der Waals surface area (Å²) in [5.74, 6) is 0. The Hall–Kier alpha value is -0.440. The molecule has 50 valence electrons. The van der Waals surface area contributed by atoms with Gasteiger partial charge in [0.1, 0.15) is 12.2 Å². The monoisotopic (exact) mass is 128 g/mol. The molecule has 0 radical (unpaired) electrons. The molecule has 2 atom stereocenters. The average molecular weight is 128 g/mol. The molecule has 0 spiro atoms. The largest absolute Gasteiger partial charge is 0.361 e. The summed E-state index contributed by atoms with van der Waals surface area (Å²) < 4.78 is 6.54. The van der Waals surface area contributed by atoms with Gasteiger partial charge in [0.2, 0.25) is 13.1 Å². The molecule has 0 saturated carbocycles. The van der Waals surface area contributed by atoms with Gasteiger partial charge in [-0.2, -0.15) is 0 Å². The summed E-state index contributed by atoms with van der Waals surface area (Å²) in [6, 6.07) is 0. The van der Waals surface area contributed by atoms with Crippen molar-refractivity contribution in [2.75, 3.05) is 13.1 Å². The van der Waals surface area contributed by atoms with Crippen molar-refractivity contribution in [3.05, 3.63) is 4.91 Å². The summed E-state index contributed by atoms with van der Waals surface area (Å²) in [5.41, 5.74) is 0. The van der Waals surface area contributed by atoms with Crippen LogP contribution in [0.3, 0.4) is 0 Å². The van der Waals surface area contributed by atoms with E-state index in [4.69, 9.17) is 4.74 Å². The quantitative estimate of drug-likeness (QED) is 0.440. The van der Waals surface area contributed by atoms with Crippen molar-refractivity contribution >= 4 is 0 Å². The molecule has 2 aliphatic heterocycles. The third-order valence-corrected chi connectivity index (χ3v) is 2.01. The highest BCUT2D eigenvalue weighted by atomic mass is 16.5. The Morgan fingerprint density at radius 1 is 1.22 bits per heavy atom. The molecule has 2 bridgehead atoms. The van der Waals surface area contributed by atoms with Crippen molar-refractivity contribution in [1.29, 1.82) is 0 Å². The molecule has 2 fully saturated rings. The van der Waals surface area contributed by atoms with E-state index in [2.05, 4.69) is 0 Å². The third kappa shape index (κ3) is 0.852. The van der Waals surface area contributed by atoms with E-state index in [1.54, 1.807) is 0 Å². The van der Waals surface area contributed by atoms with Crippen molar-refractivity contribution in [3.8, 4) is 0 Å². The van der Waals surface area contributed by atoms with Crippen LogP contribution >= 0.6 is 0 Å². The maximum atomic E-state index is 10.8. The SMILES string of the molecule is O=[N+]1CC2CCC(C1)O2. The van der Waals surface area contributed by atoms with Crippen LogP contribution in [0.25, 0.3) is 0 Å². The maximum Gasteiger partial charge on any atom is 0.218 e. The third-order valence-electron chi connectivity index (χ3n) is 2.01. The first-order valence-corrected chi connectivity index (χ1v) is 3.42. The lowest BCUT2D eigenvalue weighted by Crippen LogP contribution is -2.34. The van der Waals surface area contributed by atoms with Crippen molar-refractivity contribution in [3.63, 3.8) is 0 Å². The van der Waals surface area contributed by atoms with Crippen LogP contribution in [0, 0.1) is 4.91 Å². The van der Waals surface area contributed by atoms with Crippen LogP contribution in [-0.2, 0) is 4.74 Å². The normalized spacial score (nSPS) is 41.6. The first-order chi connectivity index (χ1) is 4.34. The Labute approximate surface area is 53.6 Å². The van der Waals surface area contributed by atoms with Crippen LogP contribution in [0.4, 0.5) is 0 Å². The van der Waals surface area contributed by atoms with Crippen LogP contribution < -0.4 is 0 Å². The molecule has 2 rings (SSSR count). The van der Waals surface area contributed by atoms with Gasteiger partial charge in [0.05, 0.1) is 0 Å². The Morgan fingerprint density at radius 2 is 1.78 bits per heavy atom. The van der Waals surface area contributed by atoms with Crippen LogP contribution in [0.15, 0.2) is 0 Å². The van der Waals surface area contributed by atoms with Gasteiger partial charge < -0.3 is 4.74 Å². The minimum atomic E-state index is 0.251. The van der Waals surface area contributed by atoms with Crippen molar-refractivity contribution in [2.24, 2.45) is 0 Å². The molecule has 2 heterocycles. The van der Waals surface area contributed by atoms with E-state index in [9.17, 15) is 4.91 Å². The van der Waals surface area contributed by atoms with Crippen LogP contribution in [0.5, 0.6) is 0 Å². The summed E-state index contributed by atoms with van der Waals surface area (Å²) >= 11 is 0. The second-order valence-corrected chi connectivity index (χ2v) is 2.80. The highest BCUT2D eigenvalue weighted by molar-refractivity contribution is 4.75. The van der Waals surface area contributed by atoms with Gasteiger partial charge >= 0.3 is 0 Å². The zero-order valence-corrected chi connectivity index (χ0v) is 5.25. The molecule has 2 saturated heterocycles. The number of nitrogens with zero attached hydrogens (tertiary/aromatic N) is 1. The number of ether oxygens (including phenoxy) is 1. The van der Waals surface area contributed by atoms with E-state index in [-0.39, 0.29) is 12.2 Å². The summed E-state index contributed by atoms with van der Waals surface area (Å²) in [7, 11) is 0. The number of hydrogen-bond acceptors (Lipinski definition) is 2. The molecule has 0 aromatic heterocycles.